The quantitative estimate of drug-likeness (QED) is 0.562. The molecule has 0 aliphatic heterocycles. The van der Waals surface area contributed by atoms with E-state index < -0.39 is 5.41 Å². The van der Waals surface area contributed by atoms with Crippen LogP contribution in [-0.4, -0.2) is 30.8 Å². The molecule has 0 saturated heterocycles. The van der Waals surface area contributed by atoms with E-state index in [1.165, 1.54) is 0 Å². The van der Waals surface area contributed by atoms with E-state index in [1.807, 2.05) is 24.3 Å². The van der Waals surface area contributed by atoms with Gasteiger partial charge in [-0.2, -0.15) is 0 Å². The summed E-state index contributed by atoms with van der Waals surface area (Å²) in [5.74, 6) is 0.102. The predicted molar refractivity (Wildman–Crippen MR) is 90.3 cm³/mol. The van der Waals surface area contributed by atoms with Gasteiger partial charge in [-0.25, -0.2) is 0 Å². The van der Waals surface area contributed by atoms with Gasteiger partial charge >= 0.3 is 0 Å². The van der Waals surface area contributed by atoms with Crippen LogP contribution in [0.5, 0.6) is 0 Å². The molecule has 0 bridgehead atoms. The van der Waals surface area contributed by atoms with E-state index in [1.54, 1.807) is 13.8 Å². The predicted octanol–water partition coefficient (Wildman–Crippen LogP) is 2.77. The maximum Gasteiger partial charge on any atom is 0.226 e. The molecule has 0 fully saturated rings. The average molecular weight is 345 g/mol. The van der Waals surface area contributed by atoms with E-state index in [0.717, 1.165) is 5.56 Å². The van der Waals surface area contributed by atoms with Gasteiger partial charge in [0, 0.05) is 30.4 Å². The number of benzene rings is 1. The van der Waals surface area contributed by atoms with Gasteiger partial charge in [-0.3, -0.25) is 9.59 Å². The minimum absolute atomic E-state index is 0.0409. The van der Waals surface area contributed by atoms with E-state index in [2.05, 4.69) is 10.6 Å². The van der Waals surface area contributed by atoms with Crippen LogP contribution in [0, 0.1) is 5.41 Å². The van der Waals surface area contributed by atoms with Crippen molar-refractivity contribution in [3.8, 4) is 0 Å². The number of hydrogen-bond donors (Lipinski definition) is 2. The van der Waals surface area contributed by atoms with Gasteiger partial charge in [0.15, 0.2) is 0 Å². The smallest absolute Gasteiger partial charge is 0.226 e. The SMILES string of the molecule is CC(C)(CCl)C(=O)NCCNC(=O)CCc1ccc(Cl)cc1. The van der Waals surface area contributed by atoms with Gasteiger partial charge in [0.25, 0.3) is 0 Å². The van der Waals surface area contributed by atoms with E-state index in [4.69, 9.17) is 23.2 Å². The lowest BCUT2D eigenvalue weighted by Gasteiger charge is -2.20. The van der Waals surface area contributed by atoms with Crippen LogP contribution in [0.15, 0.2) is 24.3 Å². The molecule has 122 valence electrons. The third-order valence-corrected chi connectivity index (χ3v) is 4.16. The monoisotopic (exact) mass is 344 g/mol. The highest BCUT2D eigenvalue weighted by atomic mass is 35.5. The van der Waals surface area contributed by atoms with E-state index in [9.17, 15) is 9.59 Å². The Hall–Kier alpha value is -1.26. The fourth-order valence-electron chi connectivity index (χ4n) is 1.68. The molecule has 22 heavy (non-hydrogen) atoms. The number of rotatable bonds is 8. The molecule has 1 rings (SSSR count). The molecular formula is C16H22Cl2N2O2. The number of halogens is 2. The van der Waals surface area contributed by atoms with E-state index in [-0.39, 0.29) is 17.7 Å². The molecule has 2 amide bonds. The summed E-state index contributed by atoms with van der Waals surface area (Å²) in [6.07, 6.45) is 1.07. The summed E-state index contributed by atoms with van der Waals surface area (Å²) in [5.41, 5.74) is 0.469. The van der Waals surface area contributed by atoms with Gasteiger partial charge in [-0.15, -0.1) is 11.6 Å². The molecule has 0 radical (unpaired) electrons. The van der Waals surface area contributed by atoms with Crippen molar-refractivity contribution in [3.63, 3.8) is 0 Å². The summed E-state index contributed by atoms with van der Waals surface area (Å²) >= 11 is 11.5. The normalized spacial score (nSPS) is 11.1. The lowest BCUT2D eigenvalue weighted by molar-refractivity contribution is -0.128. The molecule has 1 aromatic rings. The lowest BCUT2D eigenvalue weighted by atomic mass is 9.95. The van der Waals surface area contributed by atoms with E-state index in [0.29, 0.717) is 31.0 Å². The highest BCUT2D eigenvalue weighted by Gasteiger charge is 2.25. The first-order valence-electron chi connectivity index (χ1n) is 7.20. The first-order chi connectivity index (χ1) is 10.3. The Labute approximate surface area is 141 Å². The summed E-state index contributed by atoms with van der Waals surface area (Å²) < 4.78 is 0. The fraction of sp³-hybridized carbons (Fsp3) is 0.500. The minimum Gasteiger partial charge on any atom is -0.354 e. The van der Waals surface area contributed by atoms with Crippen molar-refractivity contribution >= 4 is 35.0 Å². The number of carbonyl (C=O) groups excluding carboxylic acids is 2. The molecule has 2 N–H and O–H groups in total. The Morgan fingerprint density at radius 2 is 1.68 bits per heavy atom. The Kier molecular flexibility index (Phi) is 7.69. The highest BCUT2D eigenvalue weighted by molar-refractivity contribution is 6.30. The Bertz CT molecular complexity index is 501. The molecule has 0 aliphatic rings. The number of aryl methyl sites for hydroxylation is 1. The van der Waals surface area contributed by atoms with Crippen LogP contribution in [0.25, 0.3) is 0 Å². The summed E-state index contributed by atoms with van der Waals surface area (Å²) in [5, 5.41) is 6.22. The third kappa shape index (κ3) is 6.67. The van der Waals surface area contributed by atoms with Crippen LogP contribution in [0.2, 0.25) is 5.02 Å². The van der Waals surface area contributed by atoms with Crippen molar-refractivity contribution in [2.45, 2.75) is 26.7 Å². The second-order valence-electron chi connectivity index (χ2n) is 5.75. The van der Waals surface area contributed by atoms with Crippen molar-refractivity contribution in [2.75, 3.05) is 19.0 Å². The molecule has 0 spiro atoms. The Morgan fingerprint density at radius 3 is 2.27 bits per heavy atom. The number of carbonyl (C=O) groups is 2. The Morgan fingerprint density at radius 1 is 1.09 bits per heavy atom. The zero-order chi connectivity index (χ0) is 16.6. The summed E-state index contributed by atoms with van der Waals surface area (Å²) in [4.78, 5) is 23.5. The molecule has 0 saturated carbocycles. The zero-order valence-electron chi connectivity index (χ0n) is 12.9. The largest absolute Gasteiger partial charge is 0.354 e. The molecule has 0 aliphatic carbocycles. The zero-order valence-corrected chi connectivity index (χ0v) is 14.4. The van der Waals surface area contributed by atoms with Gasteiger partial charge in [0.2, 0.25) is 11.8 Å². The van der Waals surface area contributed by atoms with Crippen molar-refractivity contribution in [2.24, 2.45) is 5.41 Å². The maximum absolute atomic E-state index is 11.8. The van der Waals surface area contributed by atoms with Gasteiger partial charge in [-0.05, 0) is 38.0 Å². The van der Waals surface area contributed by atoms with Crippen LogP contribution in [0.3, 0.4) is 0 Å². The van der Waals surface area contributed by atoms with Crippen LogP contribution >= 0.6 is 23.2 Å². The molecule has 0 unspecified atom stereocenters. The first-order valence-corrected chi connectivity index (χ1v) is 8.12. The molecule has 0 aromatic heterocycles. The summed E-state index contributed by atoms with van der Waals surface area (Å²) in [6, 6.07) is 7.43. The number of alkyl halides is 1. The molecule has 1 aromatic carbocycles. The maximum atomic E-state index is 11.8. The van der Waals surface area contributed by atoms with Gasteiger partial charge in [0.05, 0.1) is 5.41 Å². The second-order valence-corrected chi connectivity index (χ2v) is 6.45. The van der Waals surface area contributed by atoms with Crippen LogP contribution in [-0.2, 0) is 16.0 Å². The molecule has 0 atom stereocenters. The number of amides is 2. The standard InChI is InChI=1S/C16H22Cl2N2O2/c1-16(2,11-17)15(22)20-10-9-19-14(21)8-5-12-3-6-13(18)7-4-12/h3-4,6-7H,5,8-11H2,1-2H3,(H,19,21)(H,20,22). The van der Waals surface area contributed by atoms with Gasteiger partial charge in [-0.1, -0.05) is 23.7 Å². The van der Waals surface area contributed by atoms with Crippen molar-refractivity contribution < 1.29 is 9.59 Å². The molecule has 4 nitrogen and oxygen atoms in total. The lowest BCUT2D eigenvalue weighted by Crippen LogP contribution is -2.41. The van der Waals surface area contributed by atoms with Crippen molar-refractivity contribution in [3.05, 3.63) is 34.9 Å². The van der Waals surface area contributed by atoms with Crippen LogP contribution in [0.1, 0.15) is 25.8 Å². The number of hydrogen-bond acceptors (Lipinski definition) is 2. The van der Waals surface area contributed by atoms with Crippen molar-refractivity contribution in [1.29, 1.82) is 0 Å². The van der Waals surface area contributed by atoms with Gasteiger partial charge < -0.3 is 10.6 Å². The first kappa shape index (κ1) is 18.8. The molecule has 6 heteroatoms. The average Bonchev–Trinajstić information content (AvgIpc) is 2.50. The topological polar surface area (TPSA) is 58.2 Å². The van der Waals surface area contributed by atoms with Crippen LogP contribution in [0.4, 0.5) is 0 Å². The van der Waals surface area contributed by atoms with Gasteiger partial charge in [0.1, 0.15) is 0 Å². The van der Waals surface area contributed by atoms with E-state index >= 15 is 0 Å². The highest BCUT2D eigenvalue weighted by Crippen LogP contribution is 2.16. The summed E-state index contributed by atoms with van der Waals surface area (Å²) in [7, 11) is 0. The number of nitrogens with one attached hydrogen (secondary N) is 2. The van der Waals surface area contributed by atoms with Crippen molar-refractivity contribution in [1.82, 2.24) is 10.6 Å². The van der Waals surface area contributed by atoms with Crippen LogP contribution < -0.4 is 10.6 Å². The fourth-order valence-corrected chi connectivity index (χ4v) is 1.92. The summed E-state index contributed by atoms with van der Waals surface area (Å²) in [6.45, 7) is 4.36. The second kappa shape index (κ2) is 9.01. The molecule has 0 heterocycles. The molecular weight excluding hydrogens is 323 g/mol. The Balaban J connectivity index is 2.18. The minimum atomic E-state index is -0.597. The third-order valence-electron chi connectivity index (χ3n) is 3.24.